The largest absolute Gasteiger partial charge is 0.462 e. The minimum Gasteiger partial charge on any atom is -0.462 e. The summed E-state index contributed by atoms with van der Waals surface area (Å²) in [6, 6.07) is 0. The fourth-order valence-electron chi connectivity index (χ4n) is 9.02. The van der Waals surface area contributed by atoms with E-state index in [1.165, 1.54) is 180 Å². The molecule has 0 fully saturated rings. The molecule has 422 valence electrons. The normalized spacial score (nSPS) is 12.5. The molecule has 0 spiro atoms. The molecule has 0 aliphatic rings. The molecule has 0 radical (unpaired) electrons. The van der Waals surface area contributed by atoms with Crippen LogP contribution in [0.1, 0.15) is 316 Å². The summed E-state index contributed by atoms with van der Waals surface area (Å²) >= 11 is 0. The highest BCUT2D eigenvalue weighted by molar-refractivity contribution is 5.71. The summed E-state index contributed by atoms with van der Waals surface area (Å²) in [4.78, 5) is 38.2. The highest BCUT2D eigenvalue weighted by atomic mass is 16.6. The van der Waals surface area contributed by atoms with Gasteiger partial charge in [-0.2, -0.15) is 0 Å². The van der Waals surface area contributed by atoms with Gasteiger partial charge < -0.3 is 14.2 Å². The van der Waals surface area contributed by atoms with E-state index in [-0.39, 0.29) is 37.5 Å². The van der Waals surface area contributed by atoms with Crippen molar-refractivity contribution in [1.82, 2.24) is 0 Å². The zero-order valence-electron chi connectivity index (χ0n) is 48.4. The molecule has 6 heteroatoms. The summed E-state index contributed by atoms with van der Waals surface area (Å²) in [6.07, 6.45) is 79.4. The Hall–Kier alpha value is -3.15. The van der Waals surface area contributed by atoms with Crippen molar-refractivity contribution in [2.24, 2.45) is 0 Å². The molecule has 0 saturated heterocycles. The first-order valence-electron chi connectivity index (χ1n) is 31.4. The molecular weight excluding hydrogens is 901 g/mol. The summed E-state index contributed by atoms with van der Waals surface area (Å²) in [5, 5.41) is 0. The van der Waals surface area contributed by atoms with E-state index in [9.17, 15) is 14.4 Å². The van der Waals surface area contributed by atoms with Gasteiger partial charge in [0.15, 0.2) is 6.10 Å². The van der Waals surface area contributed by atoms with Crippen molar-refractivity contribution in [3.8, 4) is 0 Å². The summed E-state index contributed by atoms with van der Waals surface area (Å²) in [5.74, 6) is -0.988. The maximum absolute atomic E-state index is 12.9. The third kappa shape index (κ3) is 59.6. The topological polar surface area (TPSA) is 78.9 Å². The molecule has 0 bridgehead atoms. The van der Waals surface area contributed by atoms with Gasteiger partial charge in [0.25, 0.3) is 0 Å². The van der Waals surface area contributed by atoms with Gasteiger partial charge in [-0.1, -0.05) is 293 Å². The number of ether oxygens (including phenoxy) is 3. The number of esters is 3. The fourth-order valence-corrected chi connectivity index (χ4v) is 9.02. The fraction of sp³-hybridized carbons (Fsp3) is 0.776. The average molecular weight is 1020 g/mol. The van der Waals surface area contributed by atoms with Crippen molar-refractivity contribution < 1.29 is 28.6 Å². The third-order valence-electron chi connectivity index (χ3n) is 13.7. The van der Waals surface area contributed by atoms with E-state index < -0.39 is 6.10 Å². The van der Waals surface area contributed by atoms with Crippen molar-refractivity contribution in [1.29, 1.82) is 0 Å². The minimum absolute atomic E-state index is 0.101. The lowest BCUT2D eigenvalue weighted by atomic mass is 10.0. The van der Waals surface area contributed by atoms with E-state index in [2.05, 4.69) is 87.6 Å². The standard InChI is InChI=1S/C67H118O6/c1-4-7-10-13-16-19-22-25-27-29-30-31-32-33-34-35-36-37-38-40-42-45-48-51-54-57-60-66(69)72-63-64(62-71-65(68)59-56-53-50-47-44-41-24-21-18-15-12-9-6-3)73-67(70)61-58-55-52-49-46-43-39-28-26-23-20-17-14-11-8-5-2/h9,12,18,20-21,23,28,39,41,44,50,53,64H,4-8,10-11,13-17,19,22,24-27,29-38,40,42-43,45-49,51-52,54-63H2,1-3H3/b12-9-,21-18-,23-20-,39-28-,44-41-,53-50-. The predicted molar refractivity (Wildman–Crippen MR) is 316 cm³/mol. The van der Waals surface area contributed by atoms with E-state index >= 15 is 0 Å². The van der Waals surface area contributed by atoms with Crippen LogP contribution in [0.3, 0.4) is 0 Å². The van der Waals surface area contributed by atoms with Crippen molar-refractivity contribution in [2.75, 3.05) is 13.2 Å². The second-order valence-electron chi connectivity index (χ2n) is 20.9. The quantitative estimate of drug-likeness (QED) is 0.0261. The van der Waals surface area contributed by atoms with Crippen LogP contribution in [0.5, 0.6) is 0 Å². The number of hydrogen-bond acceptors (Lipinski definition) is 6. The van der Waals surface area contributed by atoms with Crippen molar-refractivity contribution in [3.05, 3.63) is 72.9 Å². The molecule has 0 aliphatic carbocycles. The van der Waals surface area contributed by atoms with Crippen LogP contribution in [0.15, 0.2) is 72.9 Å². The van der Waals surface area contributed by atoms with Crippen LogP contribution in [0.4, 0.5) is 0 Å². The smallest absolute Gasteiger partial charge is 0.306 e. The Labute approximate surface area is 453 Å². The van der Waals surface area contributed by atoms with Crippen LogP contribution in [-0.2, 0) is 28.6 Å². The third-order valence-corrected chi connectivity index (χ3v) is 13.7. The molecule has 1 atom stereocenters. The van der Waals surface area contributed by atoms with Crippen LogP contribution in [-0.4, -0.2) is 37.2 Å². The Morgan fingerprint density at radius 1 is 0.288 bits per heavy atom. The lowest BCUT2D eigenvalue weighted by Crippen LogP contribution is -2.30. The highest BCUT2D eigenvalue weighted by Gasteiger charge is 2.19. The van der Waals surface area contributed by atoms with Gasteiger partial charge in [-0.3, -0.25) is 14.4 Å². The van der Waals surface area contributed by atoms with Crippen LogP contribution >= 0.6 is 0 Å². The van der Waals surface area contributed by atoms with Gasteiger partial charge in [0, 0.05) is 19.3 Å². The molecule has 0 saturated carbocycles. The number of hydrogen-bond donors (Lipinski definition) is 0. The average Bonchev–Trinajstić information content (AvgIpc) is 3.39. The Morgan fingerprint density at radius 2 is 0.562 bits per heavy atom. The first-order valence-corrected chi connectivity index (χ1v) is 31.4. The first-order chi connectivity index (χ1) is 36.0. The van der Waals surface area contributed by atoms with Gasteiger partial charge in [0.1, 0.15) is 13.2 Å². The number of unbranched alkanes of at least 4 members (excludes halogenated alkanes) is 34. The van der Waals surface area contributed by atoms with E-state index in [1.54, 1.807) is 0 Å². The maximum Gasteiger partial charge on any atom is 0.306 e. The van der Waals surface area contributed by atoms with Crippen LogP contribution in [0.2, 0.25) is 0 Å². The maximum atomic E-state index is 12.9. The Kier molecular flexibility index (Phi) is 58.7. The molecule has 1 unspecified atom stereocenters. The van der Waals surface area contributed by atoms with Crippen LogP contribution in [0.25, 0.3) is 0 Å². The number of rotatable bonds is 57. The van der Waals surface area contributed by atoms with Gasteiger partial charge in [-0.15, -0.1) is 0 Å². The Bertz CT molecular complexity index is 1360. The number of carbonyl (C=O) groups is 3. The SMILES string of the molecule is CC/C=C\C/C=C\C/C=C\C/C=C\CCC(=O)OCC(COC(=O)CCCCCCCCCCCCCCCCCCCCCCCCCCCC)OC(=O)CCCCCCC/C=C\C/C=C\CCCCCC. The van der Waals surface area contributed by atoms with Gasteiger partial charge in [0.05, 0.1) is 0 Å². The Morgan fingerprint density at radius 3 is 0.932 bits per heavy atom. The molecule has 0 N–H and O–H groups in total. The summed E-state index contributed by atoms with van der Waals surface area (Å²) in [5.41, 5.74) is 0. The molecule has 0 aromatic rings. The van der Waals surface area contributed by atoms with E-state index in [4.69, 9.17) is 14.2 Å². The molecule has 0 aromatic carbocycles. The lowest BCUT2D eigenvalue weighted by molar-refractivity contribution is -0.166. The van der Waals surface area contributed by atoms with Crippen LogP contribution < -0.4 is 0 Å². The molecule has 0 amide bonds. The highest BCUT2D eigenvalue weighted by Crippen LogP contribution is 2.17. The Balaban J connectivity index is 4.28. The van der Waals surface area contributed by atoms with Gasteiger partial charge >= 0.3 is 17.9 Å². The minimum atomic E-state index is -0.811. The van der Waals surface area contributed by atoms with Crippen molar-refractivity contribution in [3.63, 3.8) is 0 Å². The van der Waals surface area contributed by atoms with Crippen LogP contribution in [0, 0.1) is 0 Å². The molecular formula is C67H118O6. The molecule has 73 heavy (non-hydrogen) atoms. The monoisotopic (exact) mass is 1020 g/mol. The van der Waals surface area contributed by atoms with Gasteiger partial charge in [-0.05, 0) is 77.0 Å². The second-order valence-corrected chi connectivity index (χ2v) is 20.9. The molecule has 0 rings (SSSR count). The second kappa shape index (κ2) is 61.4. The zero-order chi connectivity index (χ0) is 52.9. The van der Waals surface area contributed by atoms with E-state index in [1.807, 2.05) is 6.08 Å². The molecule has 6 nitrogen and oxygen atoms in total. The number of allylic oxidation sites excluding steroid dienone is 12. The summed E-state index contributed by atoms with van der Waals surface area (Å²) in [7, 11) is 0. The summed E-state index contributed by atoms with van der Waals surface area (Å²) in [6.45, 7) is 6.47. The summed E-state index contributed by atoms with van der Waals surface area (Å²) < 4.78 is 16.8. The molecule has 0 aliphatic heterocycles. The van der Waals surface area contributed by atoms with Crippen molar-refractivity contribution in [2.45, 2.75) is 322 Å². The lowest BCUT2D eigenvalue weighted by Gasteiger charge is -2.18. The van der Waals surface area contributed by atoms with E-state index in [0.717, 1.165) is 89.9 Å². The number of carbonyl (C=O) groups excluding carboxylic acids is 3. The van der Waals surface area contributed by atoms with Gasteiger partial charge in [0.2, 0.25) is 0 Å². The molecule has 0 heterocycles. The molecule has 0 aromatic heterocycles. The van der Waals surface area contributed by atoms with Crippen molar-refractivity contribution >= 4 is 17.9 Å². The van der Waals surface area contributed by atoms with Gasteiger partial charge in [-0.25, -0.2) is 0 Å². The predicted octanol–water partition coefficient (Wildman–Crippen LogP) is 21.3. The zero-order valence-corrected chi connectivity index (χ0v) is 48.4. The van der Waals surface area contributed by atoms with E-state index in [0.29, 0.717) is 19.3 Å². The first kappa shape index (κ1) is 69.8.